The molecule has 0 radical (unpaired) electrons. The van der Waals surface area contributed by atoms with Crippen molar-refractivity contribution in [2.75, 3.05) is 12.3 Å². The van der Waals surface area contributed by atoms with Crippen LogP contribution in [-0.4, -0.2) is 16.2 Å². The number of aromatic nitrogens is 2. The average molecular weight is 231 g/mol. The monoisotopic (exact) mass is 231 g/mol. The lowest BCUT2D eigenvalue weighted by atomic mass is 10.2. The Bertz CT molecular complexity index is 505. The molecule has 0 atom stereocenters. The first kappa shape index (κ1) is 11.5. The van der Waals surface area contributed by atoms with Crippen molar-refractivity contribution in [1.29, 1.82) is 0 Å². The predicted molar refractivity (Wildman–Crippen MR) is 68.1 cm³/mol. The quantitative estimate of drug-likeness (QED) is 0.877. The molecule has 0 amide bonds. The summed E-state index contributed by atoms with van der Waals surface area (Å²) in [6.45, 7) is 5.27. The predicted octanol–water partition coefficient (Wildman–Crippen LogP) is 2.16. The number of nitrogens with two attached hydrogens (primary N) is 1. The standard InChI is InChI=1S/C13H17N3O/c1-10-4-3-5-12(8-10)17-7-6-16-9-11(2)15-13(16)14/h3-5,8-9H,6-7H2,1-2H3,(H2,14,15). The number of nitrogens with zero attached hydrogens (tertiary/aromatic N) is 2. The molecule has 0 bridgehead atoms. The first-order chi connectivity index (χ1) is 8.15. The number of anilines is 1. The maximum absolute atomic E-state index is 5.74. The highest BCUT2D eigenvalue weighted by Crippen LogP contribution is 2.12. The minimum atomic E-state index is 0.537. The summed E-state index contributed by atoms with van der Waals surface area (Å²) in [4.78, 5) is 4.14. The number of aryl methyl sites for hydroxylation is 2. The molecule has 0 aliphatic rings. The van der Waals surface area contributed by atoms with Gasteiger partial charge < -0.3 is 15.0 Å². The van der Waals surface area contributed by atoms with Gasteiger partial charge in [-0.15, -0.1) is 0 Å². The molecular weight excluding hydrogens is 214 g/mol. The molecule has 2 N–H and O–H groups in total. The highest BCUT2D eigenvalue weighted by molar-refractivity contribution is 5.27. The largest absolute Gasteiger partial charge is 0.492 e. The third kappa shape index (κ3) is 3.00. The van der Waals surface area contributed by atoms with Crippen molar-refractivity contribution in [3.8, 4) is 5.75 Å². The fraction of sp³-hybridized carbons (Fsp3) is 0.308. The number of hydrogen-bond acceptors (Lipinski definition) is 3. The number of ether oxygens (including phenoxy) is 1. The molecule has 1 aromatic heterocycles. The van der Waals surface area contributed by atoms with Crippen LogP contribution < -0.4 is 10.5 Å². The maximum Gasteiger partial charge on any atom is 0.200 e. The van der Waals surface area contributed by atoms with Gasteiger partial charge in [0, 0.05) is 6.20 Å². The van der Waals surface area contributed by atoms with Gasteiger partial charge in [0.2, 0.25) is 0 Å². The van der Waals surface area contributed by atoms with Gasteiger partial charge in [-0.1, -0.05) is 12.1 Å². The number of hydrogen-bond donors (Lipinski definition) is 1. The first-order valence-electron chi connectivity index (χ1n) is 5.64. The summed E-state index contributed by atoms with van der Waals surface area (Å²) in [6.07, 6.45) is 1.93. The molecule has 0 aliphatic carbocycles. The molecule has 4 heteroatoms. The van der Waals surface area contributed by atoms with Crippen LogP contribution in [0.25, 0.3) is 0 Å². The van der Waals surface area contributed by atoms with Crippen LogP contribution in [0.3, 0.4) is 0 Å². The fourth-order valence-electron chi connectivity index (χ4n) is 1.71. The molecular formula is C13H17N3O. The number of rotatable bonds is 4. The zero-order valence-corrected chi connectivity index (χ0v) is 10.2. The van der Waals surface area contributed by atoms with Crippen molar-refractivity contribution in [3.63, 3.8) is 0 Å². The Morgan fingerprint density at radius 1 is 1.35 bits per heavy atom. The van der Waals surface area contributed by atoms with E-state index in [-0.39, 0.29) is 0 Å². The molecule has 1 aromatic carbocycles. The topological polar surface area (TPSA) is 53.1 Å². The lowest BCUT2D eigenvalue weighted by molar-refractivity contribution is 0.299. The first-order valence-corrected chi connectivity index (χ1v) is 5.64. The second-order valence-electron chi connectivity index (χ2n) is 4.10. The van der Waals surface area contributed by atoms with Crippen molar-refractivity contribution in [1.82, 2.24) is 9.55 Å². The van der Waals surface area contributed by atoms with Crippen LogP contribution in [0.15, 0.2) is 30.5 Å². The van der Waals surface area contributed by atoms with E-state index in [2.05, 4.69) is 4.98 Å². The van der Waals surface area contributed by atoms with Gasteiger partial charge in [0.15, 0.2) is 5.95 Å². The van der Waals surface area contributed by atoms with Crippen molar-refractivity contribution in [2.24, 2.45) is 0 Å². The van der Waals surface area contributed by atoms with E-state index in [4.69, 9.17) is 10.5 Å². The van der Waals surface area contributed by atoms with E-state index >= 15 is 0 Å². The Balaban J connectivity index is 1.89. The second-order valence-corrected chi connectivity index (χ2v) is 4.10. The third-order valence-electron chi connectivity index (χ3n) is 2.52. The Hall–Kier alpha value is -1.97. The van der Waals surface area contributed by atoms with Crippen LogP contribution in [-0.2, 0) is 6.54 Å². The normalized spacial score (nSPS) is 10.5. The molecule has 0 fully saturated rings. The average Bonchev–Trinajstić information content (AvgIpc) is 2.58. The van der Waals surface area contributed by atoms with E-state index in [9.17, 15) is 0 Å². The van der Waals surface area contributed by atoms with Crippen molar-refractivity contribution in [3.05, 3.63) is 41.7 Å². The fourth-order valence-corrected chi connectivity index (χ4v) is 1.71. The van der Waals surface area contributed by atoms with Crippen LogP contribution in [0, 0.1) is 13.8 Å². The zero-order chi connectivity index (χ0) is 12.3. The lowest BCUT2D eigenvalue weighted by Crippen LogP contribution is -2.10. The highest BCUT2D eigenvalue weighted by Gasteiger charge is 2.01. The van der Waals surface area contributed by atoms with Gasteiger partial charge in [0.25, 0.3) is 0 Å². The van der Waals surface area contributed by atoms with Crippen molar-refractivity contribution in [2.45, 2.75) is 20.4 Å². The Morgan fingerprint density at radius 2 is 2.18 bits per heavy atom. The van der Waals surface area contributed by atoms with Gasteiger partial charge >= 0.3 is 0 Å². The SMILES string of the molecule is Cc1cccc(OCCn2cc(C)nc2N)c1. The summed E-state index contributed by atoms with van der Waals surface area (Å²) < 4.78 is 7.54. The van der Waals surface area contributed by atoms with Crippen LogP contribution in [0.5, 0.6) is 5.75 Å². The molecule has 0 spiro atoms. The second kappa shape index (κ2) is 4.91. The molecule has 90 valence electrons. The van der Waals surface area contributed by atoms with E-state index in [0.29, 0.717) is 19.1 Å². The summed E-state index contributed by atoms with van der Waals surface area (Å²) in [7, 11) is 0. The minimum absolute atomic E-state index is 0.537. The molecule has 17 heavy (non-hydrogen) atoms. The summed E-state index contributed by atoms with van der Waals surface area (Å²) in [5.41, 5.74) is 7.86. The lowest BCUT2D eigenvalue weighted by Gasteiger charge is -2.08. The molecule has 2 aromatic rings. The summed E-state index contributed by atoms with van der Waals surface area (Å²) in [6, 6.07) is 8.00. The molecule has 0 aliphatic heterocycles. The van der Waals surface area contributed by atoms with Gasteiger partial charge in [-0.25, -0.2) is 4.98 Å². The maximum atomic E-state index is 5.74. The summed E-state index contributed by atoms with van der Waals surface area (Å²) in [5.74, 6) is 1.43. The van der Waals surface area contributed by atoms with Gasteiger partial charge in [-0.05, 0) is 31.5 Å². The number of benzene rings is 1. The van der Waals surface area contributed by atoms with E-state index < -0.39 is 0 Å². The Kier molecular flexibility index (Phi) is 3.32. The smallest absolute Gasteiger partial charge is 0.200 e. The van der Waals surface area contributed by atoms with Crippen LogP contribution in [0.4, 0.5) is 5.95 Å². The third-order valence-corrected chi connectivity index (χ3v) is 2.52. The van der Waals surface area contributed by atoms with Crippen LogP contribution in [0.1, 0.15) is 11.3 Å². The van der Waals surface area contributed by atoms with Gasteiger partial charge in [0.1, 0.15) is 12.4 Å². The molecule has 0 saturated carbocycles. The van der Waals surface area contributed by atoms with Gasteiger partial charge in [-0.3, -0.25) is 0 Å². The van der Waals surface area contributed by atoms with E-state index in [0.717, 1.165) is 11.4 Å². The van der Waals surface area contributed by atoms with Gasteiger partial charge in [0.05, 0.1) is 12.2 Å². The molecule has 0 saturated heterocycles. The Morgan fingerprint density at radius 3 is 2.82 bits per heavy atom. The highest BCUT2D eigenvalue weighted by atomic mass is 16.5. The summed E-state index contributed by atoms with van der Waals surface area (Å²) in [5, 5.41) is 0. The number of nitrogen functional groups attached to an aromatic ring is 1. The van der Waals surface area contributed by atoms with Crippen LogP contribution in [0.2, 0.25) is 0 Å². The van der Waals surface area contributed by atoms with E-state index in [1.54, 1.807) is 0 Å². The zero-order valence-electron chi connectivity index (χ0n) is 10.2. The molecule has 4 nitrogen and oxygen atoms in total. The molecule has 0 unspecified atom stereocenters. The minimum Gasteiger partial charge on any atom is -0.492 e. The molecule has 1 heterocycles. The van der Waals surface area contributed by atoms with Crippen LogP contribution >= 0.6 is 0 Å². The Labute approximate surface area is 101 Å². The number of imidazole rings is 1. The van der Waals surface area contributed by atoms with Crippen molar-refractivity contribution >= 4 is 5.95 Å². The van der Waals surface area contributed by atoms with E-state index in [1.807, 2.05) is 48.9 Å². The van der Waals surface area contributed by atoms with E-state index in [1.165, 1.54) is 5.56 Å². The van der Waals surface area contributed by atoms with Crippen molar-refractivity contribution < 1.29 is 4.74 Å². The van der Waals surface area contributed by atoms with Gasteiger partial charge in [-0.2, -0.15) is 0 Å². The summed E-state index contributed by atoms with van der Waals surface area (Å²) >= 11 is 0. The molecule has 2 rings (SSSR count).